The van der Waals surface area contributed by atoms with Crippen molar-refractivity contribution in [1.29, 1.82) is 0 Å². The molecule has 2 N–H and O–H groups in total. The van der Waals surface area contributed by atoms with Crippen LogP contribution in [0.15, 0.2) is 77.9 Å². The fourth-order valence-electron chi connectivity index (χ4n) is 2.74. The average molecular weight is 358 g/mol. The van der Waals surface area contributed by atoms with E-state index in [1.807, 2.05) is 0 Å². The first-order valence-electron chi connectivity index (χ1n) is 8.19. The van der Waals surface area contributed by atoms with Crippen LogP contribution in [0.1, 0.15) is 10.4 Å². The number of rotatable bonds is 3. The molecule has 0 aliphatic heterocycles. The summed E-state index contributed by atoms with van der Waals surface area (Å²) in [6.07, 6.45) is 3.00. The summed E-state index contributed by atoms with van der Waals surface area (Å²) in [6.45, 7) is 0. The van der Waals surface area contributed by atoms with Gasteiger partial charge in [-0.2, -0.15) is 0 Å². The molecule has 0 aliphatic rings. The third kappa shape index (κ3) is 3.41. The van der Waals surface area contributed by atoms with Crippen LogP contribution in [0.2, 0.25) is 0 Å². The van der Waals surface area contributed by atoms with Crippen molar-refractivity contribution in [1.82, 2.24) is 9.97 Å². The number of carbonyl (C=O) groups excluding carboxylic acids is 1. The number of pyridine rings is 2. The molecule has 0 saturated carbocycles. The van der Waals surface area contributed by atoms with E-state index in [-0.39, 0.29) is 11.2 Å². The topological polar surface area (TPSA) is 92.3 Å². The number of ether oxygens (including phenoxy) is 1. The van der Waals surface area contributed by atoms with Gasteiger partial charge >= 0.3 is 5.97 Å². The first-order chi connectivity index (χ1) is 13.1. The van der Waals surface area contributed by atoms with E-state index in [9.17, 15) is 14.7 Å². The Balaban J connectivity index is 1.71. The summed E-state index contributed by atoms with van der Waals surface area (Å²) in [5, 5.41) is 9.90. The molecule has 0 atom stereocenters. The summed E-state index contributed by atoms with van der Waals surface area (Å²) < 4.78 is 5.38. The largest absolute Gasteiger partial charge is 0.508 e. The van der Waals surface area contributed by atoms with E-state index in [0.29, 0.717) is 27.9 Å². The number of phenols is 1. The molecule has 27 heavy (non-hydrogen) atoms. The van der Waals surface area contributed by atoms with Crippen molar-refractivity contribution in [2.24, 2.45) is 0 Å². The molecule has 6 heteroatoms. The van der Waals surface area contributed by atoms with Crippen molar-refractivity contribution in [3.05, 3.63) is 88.8 Å². The number of fused-ring (bicyclic) bond motifs is 1. The van der Waals surface area contributed by atoms with Gasteiger partial charge in [0.1, 0.15) is 11.5 Å². The Kier molecular flexibility index (Phi) is 4.14. The van der Waals surface area contributed by atoms with Gasteiger partial charge in [-0.1, -0.05) is 0 Å². The molecule has 0 unspecified atom stereocenters. The zero-order chi connectivity index (χ0) is 18.8. The maximum atomic E-state index is 12.4. The summed E-state index contributed by atoms with van der Waals surface area (Å²) in [7, 11) is 0. The molecule has 0 aliphatic carbocycles. The molecule has 2 aromatic carbocycles. The number of aromatic amines is 1. The Labute approximate surface area is 153 Å². The van der Waals surface area contributed by atoms with E-state index in [1.54, 1.807) is 60.8 Å². The van der Waals surface area contributed by atoms with Gasteiger partial charge in [-0.15, -0.1) is 0 Å². The molecule has 0 radical (unpaired) electrons. The third-order valence-electron chi connectivity index (χ3n) is 4.09. The van der Waals surface area contributed by atoms with E-state index in [2.05, 4.69) is 9.97 Å². The number of aromatic nitrogens is 2. The number of carbonyl (C=O) groups is 1. The van der Waals surface area contributed by atoms with Crippen molar-refractivity contribution in [2.45, 2.75) is 0 Å². The second-order valence-corrected chi connectivity index (χ2v) is 5.93. The molecular formula is C21H14N2O4. The average Bonchev–Trinajstić information content (AvgIpc) is 2.69. The highest BCUT2D eigenvalue weighted by Crippen LogP contribution is 2.23. The minimum atomic E-state index is -0.528. The number of aromatic hydroxyl groups is 1. The van der Waals surface area contributed by atoms with Crippen LogP contribution in [0.5, 0.6) is 11.5 Å². The Morgan fingerprint density at radius 1 is 1.04 bits per heavy atom. The maximum absolute atomic E-state index is 12.4. The van der Waals surface area contributed by atoms with E-state index in [0.717, 1.165) is 5.56 Å². The zero-order valence-corrected chi connectivity index (χ0v) is 14.0. The first-order valence-corrected chi connectivity index (χ1v) is 8.19. The zero-order valence-electron chi connectivity index (χ0n) is 14.0. The molecule has 132 valence electrons. The predicted molar refractivity (Wildman–Crippen MR) is 101 cm³/mol. The van der Waals surface area contributed by atoms with Crippen LogP contribution in [-0.4, -0.2) is 21.0 Å². The fraction of sp³-hybridized carbons (Fsp3) is 0. The van der Waals surface area contributed by atoms with Gasteiger partial charge in [-0.25, -0.2) is 4.79 Å². The predicted octanol–water partition coefficient (Wildman–Crippen LogP) is 3.51. The van der Waals surface area contributed by atoms with Crippen molar-refractivity contribution in [3.63, 3.8) is 0 Å². The highest BCUT2D eigenvalue weighted by Gasteiger charge is 2.10. The number of hydrogen-bond donors (Lipinski definition) is 2. The number of esters is 1. The molecular weight excluding hydrogens is 344 g/mol. The molecule has 0 amide bonds. The number of hydrogen-bond acceptors (Lipinski definition) is 5. The molecule has 0 fully saturated rings. The monoisotopic (exact) mass is 358 g/mol. The molecule has 2 heterocycles. The molecule has 6 nitrogen and oxygen atoms in total. The van der Waals surface area contributed by atoms with Gasteiger partial charge in [-0.3, -0.25) is 9.78 Å². The van der Waals surface area contributed by atoms with Crippen LogP contribution in [0, 0.1) is 0 Å². The van der Waals surface area contributed by atoms with Crippen LogP contribution in [0.3, 0.4) is 0 Å². The lowest BCUT2D eigenvalue weighted by molar-refractivity contribution is 0.0734. The Morgan fingerprint density at radius 2 is 1.85 bits per heavy atom. The van der Waals surface area contributed by atoms with Gasteiger partial charge in [0.2, 0.25) is 0 Å². The number of benzene rings is 2. The maximum Gasteiger partial charge on any atom is 0.345 e. The molecule has 2 aromatic heterocycles. The molecule has 4 rings (SSSR count). The molecule has 4 aromatic rings. The molecule has 0 spiro atoms. The van der Waals surface area contributed by atoms with E-state index in [4.69, 9.17) is 4.74 Å². The summed E-state index contributed by atoms with van der Waals surface area (Å²) >= 11 is 0. The summed E-state index contributed by atoms with van der Waals surface area (Å²) in [4.78, 5) is 31.7. The standard InChI is InChI=1S/C21H14N2O4/c24-15-5-3-13(4-6-15)18-11-20(25)17-8-7-16(10-19(17)23-18)27-21(26)14-2-1-9-22-12-14/h1-12,24H,(H,23,25). The van der Waals surface area contributed by atoms with Gasteiger partial charge in [0.15, 0.2) is 5.43 Å². The van der Waals surface area contributed by atoms with Gasteiger partial charge in [0.25, 0.3) is 0 Å². The second kappa shape index (κ2) is 6.76. The third-order valence-corrected chi connectivity index (χ3v) is 4.09. The quantitative estimate of drug-likeness (QED) is 0.432. The van der Waals surface area contributed by atoms with Gasteiger partial charge < -0.3 is 14.8 Å². The lowest BCUT2D eigenvalue weighted by Gasteiger charge is -2.08. The highest BCUT2D eigenvalue weighted by molar-refractivity contribution is 5.91. The van der Waals surface area contributed by atoms with E-state index >= 15 is 0 Å². The Morgan fingerprint density at radius 3 is 2.59 bits per heavy atom. The Hall–Kier alpha value is -3.93. The first kappa shape index (κ1) is 16.5. The number of phenolic OH excluding ortho intramolecular Hbond substituents is 1. The second-order valence-electron chi connectivity index (χ2n) is 5.93. The number of nitrogens with zero attached hydrogens (tertiary/aromatic N) is 1. The lowest BCUT2D eigenvalue weighted by Crippen LogP contribution is -2.09. The van der Waals surface area contributed by atoms with Gasteiger partial charge in [-0.05, 0) is 54.1 Å². The highest BCUT2D eigenvalue weighted by atomic mass is 16.5. The van der Waals surface area contributed by atoms with Gasteiger partial charge in [0, 0.05) is 35.6 Å². The number of nitrogens with one attached hydrogen (secondary N) is 1. The van der Waals surface area contributed by atoms with Crippen molar-refractivity contribution in [3.8, 4) is 22.8 Å². The van der Waals surface area contributed by atoms with Crippen LogP contribution in [0.25, 0.3) is 22.2 Å². The fourth-order valence-corrected chi connectivity index (χ4v) is 2.74. The van der Waals surface area contributed by atoms with Crippen molar-refractivity contribution < 1.29 is 14.6 Å². The van der Waals surface area contributed by atoms with Crippen LogP contribution >= 0.6 is 0 Å². The summed E-state index contributed by atoms with van der Waals surface area (Å²) in [6, 6.07) is 16.1. The van der Waals surface area contributed by atoms with Crippen molar-refractivity contribution >= 4 is 16.9 Å². The minimum absolute atomic E-state index is 0.145. The normalized spacial score (nSPS) is 10.7. The van der Waals surface area contributed by atoms with Crippen molar-refractivity contribution in [2.75, 3.05) is 0 Å². The Bertz CT molecular complexity index is 1180. The number of H-pyrrole nitrogens is 1. The molecule has 0 bridgehead atoms. The molecule has 0 saturated heterocycles. The summed E-state index contributed by atoms with van der Waals surface area (Å²) in [5.74, 6) is -0.0687. The smallest absolute Gasteiger partial charge is 0.345 e. The lowest BCUT2D eigenvalue weighted by atomic mass is 10.1. The van der Waals surface area contributed by atoms with E-state index in [1.165, 1.54) is 12.3 Å². The van der Waals surface area contributed by atoms with Crippen LogP contribution in [-0.2, 0) is 0 Å². The van der Waals surface area contributed by atoms with Crippen LogP contribution in [0.4, 0.5) is 0 Å². The van der Waals surface area contributed by atoms with Crippen LogP contribution < -0.4 is 10.2 Å². The van der Waals surface area contributed by atoms with Gasteiger partial charge in [0.05, 0.1) is 11.1 Å². The summed E-state index contributed by atoms with van der Waals surface area (Å²) in [5.41, 5.74) is 2.08. The SMILES string of the molecule is O=C(Oc1ccc2c(=O)cc(-c3ccc(O)cc3)[nH]c2c1)c1cccnc1. The minimum Gasteiger partial charge on any atom is -0.508 e. The van der Waals surface area contributed by atoms with E-state index < -0.39 is 5.97 Å².